The Kier molecular flexibility index (Phi) is 5.76. The summed E-state index contributed by atoms with van der Waals surface area (Å²) in [5, 5.41) is 3.89. The van der Waals surface area contributed by atoms with Gasteiger partial charge in [-0.25, -0.2) is 4.98 Å². The van der Waals surface area contributed by atoms with E-state index in [0.717, 1.165) is 5.56 Å². The number of nitrogens with one attached hydrogen (secondary N) is 1. The van der Waals surface area contributed by atoms with Crippen molar-refractivity contribution in [3.05, 3.63) is 63.7 Å². The normalized spacial score (nSPS) is 10.8. The van der Waals surface area contributed by atoms with Crippen molar-refractivity contribution in [3.63, 3.8) is 0 Å². The Balaban J connectivity index is 1.64. The number of rotatable bonds is 6. The van der Waals surface area contributed by atoms with Crippen LogP contribution >= 0.6 is 11.6 Å². The number of aromatic nitrogens is 2. The van der Waals surface area contributed by atoms with Crippen LogP contribution in [0.2, 0.25) is 5.02 Å². The Labute approximate surface area is 161 Å². The molecular formula is C20H20ClN3O3. The van der Waals surface area contributed by atoms with Crippen molar-refractivity contribution < 1.29 is 9.53 Å². The maximum atomic E-state index is 12.6. The van der Waals surface area contributed by atoms with Crippen molar-refractivity contribution in [2.24, 2.45) is 0 Å². The molecule has 0 radical (unpaired) electrons. The highest BCUT2D eigenvalue weighted by Crippen LogP contribution is 2.27. The third kappa shape index (κ3) is 4.28. The first-order valence-corrected chi connectivity index (χ1v) is 8.95. The monoisotopic (exact) mass is 385 g/mol. The molecule has 1 aromatic heterocycles. The molecule has 0 aliphatic heterocycles. The molecule has 1 heterocycles. The number of benzene rings is 2. The van der Waals surface area contributed by atoms with Crippen LogP contribution in [0.15, 0.2) is 47.5 Å². The van der Waals surface area contributed by atoms with E-state index in [0.29, 0.717) is 40.3 Å². The number of amides is 1. The van der Waals surface area contributed by atoms with E-state index in [1.807, 2.05) is 19.1 Å². The van der Waals surface area contributed by atoms with Crippen molar-refractivity contribution in [3.8, 4) is 5.75 Å². The Morgan fingerprint density at radius 3 is 2.89 bits per heavy atom. The largest absolute Gasteiger partial charge is 0.495 e. The predicted molar refractivity (Wildman–Crippen MR) is 107 cm³/mol. The molecule has 1 N–H and O–H groups in total. The van der Waals surface area contributed by atoms with Gasteiger partial charge in [0, 0.05) is 18.0 Å². The quantitative estimate of drug-likeness (QED) is 0.700. The number of anilines is 1. The molecule has 0 unspecified atom stereocenters. The molecule has 0 saturated heterocycles. The molecule has 0 fully saturated rings. The lowest BCUT2D eigenvalue weighted by Gasteiger charge is -2.11. The molecule has 27 heavy (non-hydrogen) atoms. The van der Waals surface area contributed by atoms with Crippen molar-refractivity contribution >= 4 is 34.1 Å². The van der Waals surface area contributed by atoms with Gasteiger partial charge in [0.1, 0.15) is 5.75 Å². The molecule has 0 atom stereocenters. The third-order valence-corrected chi connectivity index (χ3v) is 4.53. The van der Waals surface area contributed by atoms with Crippen LogP contribution in [0.5, 0.6) is 5.75 Å². The van der Waals surface area contributed by atoms with E-state index >= 15 is 0 Å². The predicted octanol–water partition coefficient (Wildman–Crippen LogP) is 3.79. The Bertz CT molecular complexity index is 1050. The summed E-state index contributed by atoms with van der Waals surface area (Å²) >= 11 is 5.97. The van der Waals surface area contributed by atoms with Crippen LogP contribution in [0.3, 0.4) is 0 Å². The minimum atomic E-state index is -0.173. The van der Waals surface area contributed by atoms with Gasteiger partial charge in [-0.3, -0.25) is 14.2 Å². The van der Waals surface area contributed by atoms with Gasteiger partial charge >= 0.3 is 0 Å². The number of carbonyl (C=O) groups is 1. The van der Waals surface area contributed by atoms with Crippen molar-refractivity contribution in [1.29, 1.82) is 0 Å². The molecule has 7 heteroatoms. The van der Waals surface area contributed by atoms with Gasteiger partial charge in [0.15, 0.2) is 0 Å². The lowest BCUT2D eigenvalue weighted by atomic mass is 10.1. The molecule has 0 aliphatic rings. The molecule has 1 amide bonds. The van der Waals surface area contributed by atoms with Crippen LogP contribution in [-0.4, -0.2) is 22.6 Å². The summed E-state index contributed by atoms with van der Waals surface area (Å²) in [4.78, 5) is 29.1. The number of fused-ring (bicyclic) bond motifs is 1. The topological polar surface area (TPSA) is 73.2 Å². The number of nitrogens with zero attached hydrogens (tertiary/aromatic N) is 2. The Hall–Kier alpha value is -2.86. The van der Waals surface area contributed by atoms with Crippen LogP contribution in [0.4, 0.5) is 5.69 Å². The summed E-state index contributed by atoms with van der Waals surface area (Å²) in [6.07, 6.45) is 2.30. The van der Waals surface area contributed by atoms with E-state index in [4.69, 9.17) is 16.3 Å². The molecule has 3 aromatic rings. The van der Waals surface area contributed by atoms with E-state index in [1.165, 1.54) is 18.0 Å². The average molecular weight is 386 g/mol. The summed E-state index contributed by atoms with van der Waals surface area (Å²) < 4.78 is 6.75. The van der Waals surface area contributed by atoms with E-state index in [-0.39, 0.29) is 17.9 Å². The number of para-hydroxylation sites is 1. The van der Waals surface area contributed by atoms with E-state index in [1.54, 1.807) is 24.3 Å². The van der Waals surface area contributed by atoms with Crippen LogP contribution in [0, 0.1) is 6.92 Å². The summed E-state index contributed by atoms with van der Waals surface area (Å²) in [5.41, 5.74) is 2.10. The number of carbonyl (C=O) groups excluding carboxylic acids is 1. The second kappa shape index (κ2) is 8.22. The maximum absolute atomic E-state index is 12.6. The molecule has 0 aliphatic carbocycles. The van der Waals surface area contributed by atoms with Crippen LogP contribution in [0.25, 0.3) is 10.9 Å². The highest BCUT2D eigenvalue weighted by atomic mass is 35.5. The molecular weight excluding hydrogens is 366 g/mol. The molecule has 6 nitrogen and oxygen atoms in total. The number of methoxy groups -OCH3 is 1. The molecule has 140 valence electrons. The van der Waals surface area contributed by atoms with Gasteiger partial charge in [0.25, 0.3) is 5.56 Å². The van der Waals surface area contributed by atoms with Crippen molar-refractivity contribution in [1.82, 2.24) is 9.55 Å². The van der Waals surface area contributed by atoms with Crippen molar-refractivity contribution in [2.45, 2.75) is 26.3 Å². The Morgan fingerprint density at radius 2 is 2.11 bits per heavy atom. The van der Waals surface area contributed by atoms with Gasteiger partial charge in [-0.2, -0.15) is 0 Å². The first-order chi connectivity index (χ1) is 13.0. The van der Waals surface area contributed by atoms with Gasteiger partial charge in [-0.1, -0.05) is 23.7 Å². The highest BCUT2D eigenvalue weighted by Gasteiger charge is 2.10. The lowest BCUT2D eigenvalue weighted by molar-refractivity contribution is -0.116. The minimum absolute atomic E-state index is 0.0966. The fraction of sp³-hybridized carbons (Fsp3) is 0.250. The van der Waals surface area contributed by atoms with Gasteiger partial charge in [-0.05, 0) is 43.2 Å². The second-order valence-corrected chi connectivity index (χ2v) is 6.65. The molecule has 0 bridgehead atoms. The maximum Gasteiger partial charge on any atom is 0.261 e. The van der Waals surface area contributed by atoms with Crippen molar-refractivity contribution in [2.75, 3.05) is 12.4 Å². The number of hydrogen-bond donors (Lipinski definition) is 1. The summed E-state index contributed by atoms with van der Waals surface area (Å²) in [5.74, 6) is 0.367. The van der Waals surface area contributed by atoms with Crippen LogP contribution < -0.4 is 15.6 Å². The number of ether oxygens (including phenoxy) is 1. The molecule has 2 aromatic carbocycles. The van der Waals surface area contributed by atoms with E-state index in [9.17, 15) is 9.59 Å². The van der Waals surface area contributed by atoms with Gasteiger partial charge in [0.05, 0.1) is 30.0 Å². The standard InChI is InChI=1S/C20H20ClN3O3/c1-13-5-3-6-15-19(13)22-12-24(20(15)26)10-4-7-18(25)23-16-11-14(21)8-9-17(16)27-2/h3,5-6,8-9,11-12H,4,7,10H2,1-2H3,(H,23,25). The van der Waals surface area contributed by atoms with Crippen LogP contribution in [-0.2, 0) is 11.3 Å². The number of halogens is 1. The summed E-state index contributed by atoms with van der Waals surface area (Å²) in [6.45, 7) is 2.34. The molecule has 0 saturated carbocycles. The highest BCUT2D eigenvalue weighted by molar-refractivity contribution is 6.31. The van der Waals surface area contributed by atoms with Gasteiger partial charge in [-0.15, -0.1) is 0 Å². The average Bonchev–Trinajstić information content (AvgIpc) is 2.64. The number of aryl methyl sites for hydroxylation is 2. The fourth-order valence-corrected chi connectivity index (χ4v) is 3.07. The Morgan fingerprint density at radius 1 is 1.30 bits per heavy atom. The van der Waals surface area contributed by atoms with Gasteiger partial charge < -0.3 is 10.1 Å². The van der Waals surface area contributed by atoms with E-state index < -0.39 is 0 Å². The second-order valence-electron chi connectivity index (χ2n) is 6.21. The first kappa shape index (κ1) is 18.9. The molecule has 0 spiro atoms. The SMILES string of the molecule is COc1ccc(Cl)cc1NC(=O)CCCn1cnc2c(C)cccc2c1=O. The summed E-state index contributed by atoms with van der Waals surface area (Å²) in [7, 11) is 1.53. The zero-order valence-electron chi connectivity index (χ0n) is 15.2. The smallest absolute Gasteiger partial charge is 0.261 e. The molecule has 3 rings (SSSR count). The zero-order valence-corrected chi connectivity index (χ0v) is 15.9. The van der Waals surface area contributed by atoms with Crippen LogP contribution in [0.1, 0.15) is 18.4 Å². The number of hydrogen-bond acceptors (Lipinski definition) is 4. The van der Waals surface area contributed by atoms with E-state index in [2.05, 4.69) is 10.3 Å². The van der Waals surface area contributed by atoms with Gasteiger partial charge in [0.2, 0.25) is 5.91 Å². The summed E-state index contributed by atoms with van der Waals surface area (Å²) in [6, 6.07) is 10.6. The minimum Gasteiger partial charge on any atom is -0.495 e. The third-order valence-electron chi connectivity index (χ3n) is 4.29. The first-order valence-electron chi connectivity index (χ1n) is 8.58. The zero-order chi connectivity index (χ0) is 19.4. The fourth-order valence-electron chi connectivity index (χ4n) is 2.90. The lowest BCUT2D eigenvalue weighted by Crippen LogP contribution is -2.22.